The number of hydrogen-bond acceptors (Lipinski definition) is 4. The maximum absolute atomic E-state index is 8.80. The number of nitrogens with zero attached hydrogens (tertiary/aromatic N) is 2. The molecule has 0 radical (unpaired) electrons. The zero-order valence-corrected chi connectivity index (χ0v) is 12.2. The largest absolute Gasteiger partial charge is 0.492 e. The van der Waals surface area contributed by atoms with Crippen LogP contribution in [0.1, 0.15) is 33.3 Å². The molecule has 0 aromatic heterocycles. The van der Waals surface area contributed by atoms with Crippen molar-refractivity contribution in [2.75, 3.05) is 18.9 Å². The summed E-state index contributed by atoms with van der Waals surface area (Å²) in [4.78, 5) is 2.37. The smallest absolute Gasteiger partial charge is 0.121 e. The maximum atomic E-state index is 8.80. The number of ether oxygens (including phenoxy) is 1. The molecule has 0 spiro atoms. The predicted molar refractivity (Wildman–Crippen MR) is 78.0 cm³/mol. The van der Waals surface area contributed by atoms with Gasteiger partial charge in [0.15, 0.2) is 0 Å². The van der Waals surface area contributed by atoms with Gasteiger partial charge in [0.05, 0.1) is 11.3 Å². The van der Waals surface area contributed by atoms with E-state index in [4.69, 9.17) is 15.7 Å². The lowest BCUT2D eigenvalue weighted by Crippen LogP contribution is -2.39. The summed E-state index contributed by atoms with van der Waals surface area (Å²) in [6.45, 7) is 10.2. The predicted octanol–water partition coefficient (Wildman–Crippen LogP) is 2.64. The van der Waals surface area contributed by atoms with Crippen molar-refractivity contribution in [2.24, 2.45) is 0 Å². The van der Waals surface area contributed by atoms with Crippen LogP contribution in [0.25, 0.3) is 0 Å². The Hall–Kier alpha value is -1.73. The summed E-state index contributed by atoms with van der Waals surface area (Å²) >= 11 is 0. The van der Waals surface area contributed by atoms with Crippen LogP contribution in [0.3, 0.4) is 0 Å². The van der Waals surface area contributed by atoms with Gasteiger partial charge in [0.2, 0.25) is 0 Å². The molecule has 0 bridgehead atoms. The van der Waals surface area contributed by atoms with E-state index in [1.54, 1.807) is 18.2 Å². The summed E-state index contributed by atoms with van der Waals surface area (Å²) in [5, 5.41) is 8.80. The van der Waals surface area contributed by atoms with Gasteiger partial charge < -0.3 is 10.5 Å². The lowest BCUT2D eigenvalue weighted by atomic mass is 10.2. The van der Waals surface area contributed by atoms with Gasteiger partial charge in [-0.2, -0.15) is 5.26 Å². The molecule has 1 aromatic carbocycles. The second-order valence-electron chi connectivity index (χ2n) is 5.13. The topological polar surface area (TPSA) is 62.3 Å². The summed E-state index contributed by atoms with van der Waals surface area (Å²) < 4.78 is 5.69. The fourth-order valence-electron chi connectivity index (χ4n) is 2.11. The molecule has 1 rings (SSSR count). The first-order valence-electron chi connectivity index (χ1n) is 6.64. The summed E-state index contributed by atoms with van der Waals surface area (Å²) in [5.41, 5.74) is 6.69. The highest BCUT2D eigenvalue weighted by Gasteiger charge is 2.12. The van der Waals surface area contributed by atoms with E-state index in [9.17, 15) is 0 Å². The molecule has 0 unspecified atom stereocenters. The minimum atomic E-state index is 0.463. The van der Waals surface area contributed by atoms with Gasteiger partial charge in [-0.3, -0.25) is 4.90 Å². The van der Waals surface area contributed by atoms with Gasteiger partial charge in [-0.1, -0.05) is 0 Å². The normalized spacial score (nSPS) is 11.1. The van der Waals surface area contributed by atoms with E-state index in [1.165, 1.54) is 0 Å². The van der Waals surface area contributed by atoms with Crippen molar-refractivity contribution in [3.8, 4) is 11.8 Å². The molecule has 0 fully saturated rings. The highest BCUT2D eigenvalue weighted by molar-refractivity contribution is 5.56. The third kappa shape index (κ3) is 4.46. The van der Waals surface area contributed by atoms with Crippen LogP contribution in [0, 0.1) is 11.3 Å². The Bertz CT molecular complexity index is 441. The number of nitriles is 1. The third-order valence-corrected chi connectivity index (χ3v) is 3.09. The molecule has 1 aromatic rings. The number of benzene rings is 1. The van der Waals surface area contributed by atoms with Crippen molar-refractivity contribution in [2.45, 2.75) is 39.8 Å². The van der Waals surface area contributed by atoms with Gasteiger partial charge in [-0.15, -0.1) is 0 Å². The van der Waals surface area contributed by atoms with E-state index in [-0.39, 0.29) is 0 Å². The van der Waals surface area contributed by atoms with Crippen LogP contribution in [-0.2, 0) is 0 Å². The van der Waals surface area contributed by atoms with Gasteiger partial charge in [0.25, 0.3) is 0 Å². The fourth-order valence-corrected chi connectivity index (χ4v) is 2.11. The first-order valence-corrected chi connectivity index (χ1v) is 6.64. The molecular formula is C15H23N3O. The van der Waals surface area contributed by atoms with Crippen molar-refractivity contribution < 1.29 is 4.74 Å². The third-order valence-electron chi connectivity index (χ3n) is 3.09. The van der Waals surface area contributed by atoms with Gasteiger partial charge in [-0.25, -0.2) is 0 Å². The minimum Gasteiger partial charge on any atom is -0.492 e. The maximum Gasteiger partial charge on any atom is 0.121 e. The van der Waals surface area contributed by atoms with Crippen molar-refractivity contribution in [1.29, 1.82) is 5.26 Å². The Balaban J connectivity index is 2.54. The van der Waals surface area contributed by atoms with Crippen LogP contribution in [0.5, 0.6) is 5.75 Å². The van der Waals surface area contributed by atoms with E-state index < -0.39 is 0 Å². The molecule has 104 valence electrons. The molecule has 2 N–H and O–H groups in total. The zero-order valence-electron chi connectivity index (χ0n) is 12.2. The van der Waals surface area contributed by atoms with Crippen molar-refractivity contribution in [3.05, 3.63) is 23.8 Å². The van der Waals surface area contributed by atoms with Crippen molar-refractivity contribution >= 4 is 5.69 Å². The Kier molecular flexibility index (Phi) is 5.65. The second-order valence-corrected chi connectivity index (χ2v) is 5.13. The SMILES string of the molecule is CC(C)N(CCOc1ccc(C#N)c(N)c1)C(C)C. The molecule has 4 heteroatoms. The van der Waals surface area contributed by atoms with Gasteiger partial charge in [0, 0.05) is 24.7 Å². The first kappa shape index (κ1) is 15.3. The molecule has 0 aliphatic rings. The van der Waals surface area contributed by atoms with Gasteiger partial charge >= 0.3 is 0 Å². The molecule has 19 heavy (non-hydrogen) atoms. The number of nitrogens with two attached hydrogens (primary N) is 1. The summed E-state index contributed by atoms with van der Waals surface area (Å²) in [5.74, 6) is 0.712. The molecule has 0 saturated heterocycles. The summed E-state index contributed by atoms with van der Waals surface area (Å²) in [7, 11) is 0. The van der Waals surface area contributed by atoms with Crippen LogP contribution in [0.4, 0.5) is 5.69 Å². The van der Waals surface area contributed by atoms with Crippen LogP contribution in [0.2, 0.25) is 0 Å². The van der Waals surface area contributed by atoms with Crippen molar-refractivity contribution in [1.82, 2.24) is 4.90 Å². The standard InChI is InChI=1S/C15H23N3O/c1-11(2)18(12(3)4)7-8-19-14-6-5-13(10-16)15(17)9-14/h5-6,9,11-12H,7-8,17H2,1-4H3. The lowest BCUT2D eigenvalue weighted by molar-refractivity contribution is 0.142. The highest BCUT2D eigenvalue weighted by Crippen LogP contribution is 2.19. The molecular weight excluding hydrogens is 238 g/mol. The summed E-state index contributed by atoms with van der Waals surface area (Å²) in [6, 6.07) is 8.20. The van der Waals surface area contributed by atoms with Gasteiger partial charge in [-0.05, 0) is 39.8 Å². The average molecular weight is 261 g/mol. The Morgan fingerprint density at radius 2 is 1.89 bits per heavy atom. The van der Waals surface area contributed by atoms with E-state index in [0.717, 1.165) is 6.54 Å². The quantitative estimate of drug-likeness (QED) is 0.800. The Labute approximate surface area is 115 Å². The molecule has 0 atom stereocenters. The van der Waals surface area contributed by atoms with Crippen LogP contribution in [0.15, 0.2) is 18.2 Å². The van der Waals surface area contributed by atoms with E-state index in [1.807, 2.05) is 6.07 Å². The van der Waals surface area contributed by atoms with Crippen molar-refractivity contribution in [3.63, 3.8) is 0 Å². The monoisotopic (exact) mass is 261 g/mol. The Morgan fingerprint density at radius 1 is 1.26 bits per heavy atom. The summed E-state index contributed by atoms with van der Waals surface area (Å²) in [6.07, 6.45) is 0. The second kappa shape index (κ2) is 7.01. The number of rotatable bonds is 6. The van der Waals surface area contributed by atoms with Crippen LogP contribution in [-0.4, -0.2) is 30.1 Å². The number of anilines is 1. The van der Waals surface area contributed by atoms with E-state index >= 15 is 0 Å². The molecule has 0 saturated carbocycles. The van der Waals surface area contributed by atoms with Crippen LogP contribution < -0.4 is 10.5 Å². The number of nitrogen functional groups attached to an aromatic ring is 1. The first-order chi connectivity index (χ1) is 8.95. The number of hydrogen-bond donors (Lipinski definition) is 1. The van der Waals surface area contributed by atoms with E-state index in [0.29, 0.717) is 35.7 Å². The minimum absolute atomic E-state index is 0.463. The van der Waals surface area contributed by atoms with Crippen LogP contribution >= 0.6 is 0 Å². The van der Waals surface area contributed by atoms with Gasteiger partial charge in [0.1, 0.15) is 18.4 Å². The molecule has 0 heterocycles. The zero-order chi connectivity index (χ0) is 14.4. The van der Waals surface area contributed by atoms with E-state index in [2.05, 4.69) is 32.6 Å². The lowest BCUT2D eigenvalue weighted by Gasteiger charge is -2.30. The molecule has 0 amide bonds. The molecule has 0 aliphatic carbocycles. The fraction of sp³-hybridized carbons (Fsp3) is 0.533. The molecule has 0 aliphatic heterocycles. The molecule has 4 nitrogen and oxygen atoms in total. The average Bonchev–Trinajstić information content (AvgIpc) is 2.33. The highest BCUT2D eigenvalue weighted by atomic mass is 16.5. The Morgan fingerprint density at radius 3 is 2.37 bits per heavy atom.